The second-order valence-electron chi connectivity index (χ2n) is 2.82. The molecule has 0 saturated heterocycles. The molecule has 0 heterocycles. The van der Waals surface area contributed by atoms with Crippen LogP contribution >= 0.6 is 0 Å². The van der Waals surface area contributed by atoms with Crippen LogP contribution in [0.3, 0.4) is 0 Å². The van der Waals surface area contributed by atoms with Crippen LogP contribution in [0.25, 0.3) is 0 Å². The fourth-order valence-corrected chi connectivity index (χ4v) is 0.799. The summed E-state index contributed by atoms with van der Waals surface area (Å²) >= 11 is 0. The lowest BCUT2D eigenvalue weighted by molar-refractivity contribution is -0.142. The van der Waals surface area contributed by atoms with Gasteiger partial charge >= 0.3 is 5.97 Å². The number of rotatable bonds is 4. The van der Waals surface area contributed by atoms with Crippen molar-refractivity contribution in [1.82, 2.24) is 0 Å². The van der Waals surface area contributed by atoms with E-state index in [-0.39, 0.29) is 5.92 Å². The summed E-state index contributed by atoms with van der Waals surface area (Å²) in [5.41, 5.74) is 0. The molecule has 0 aromatic rings. The third-order valence-electron chi connectivity index (χ3n) is 1.29. The molecule has 60 valence electrons. The van der Waals surface area contributed by atoms with Crippen molar-refractivity contribution in [3.63, 3.8) is 0 Å². The largest absolute Gasteiger partial charge is 0.481 e. The molecule has 0 rings (SSSR count). The summed E-state index contributed by atoms with van der Waals surface area (Å²) in [6, 6.07) is 0. The lowest BCUT2D eigenvalue weighted by atomic mass is 9.99. The Morgan fingerprint density at radius 3 is 2.20 bits per heavy atom. The second-order valence-corrected chi connectivity index (χ2v) is 2.82. The van der Waals surface area contributed by atoms with Crippen LogP contribution < -0.4 is 0 Å². The molecule has 0 aliphatic heterocycles. The van der Waals surface area contributed by atoms with Crippen LogP contribution in [0.1, 0.15) is 20.3 Å². The first-order valence-corrected chi connectivity index (χ1v) is 3.36. The Hall–Kier alpha value is -0.600. The molecule has 1 N–H and O–H groups in total. The van der Waals surface area contributed by atoms with Gasteiger partial charge in [-0.2, -0.15) is 0 Å². The van der Waals surface area contributed by atoms with Gasteiger partial charge in [0.2, 0.25) is 0 Å². The molecule has 0 bridgehead atoms. The van der Waals surface area contributed by atoms with Crippen LogP contribution in [-0.2, 0) is 4.79 Å². The predicted molar refractivity (Wildman–Crippen MR) is 36.6 cm³/mol. The van der Waals surface area contributed by atoms with Crippen LogP contribution in [0.4, 0.5) is 4.39 Å². The van der Waals surface area contributed by atoms with Crippen LogP contribution in [0.2, 0.25) is 0 Å². The SMILES string of the molecule is CC(C)CC(CF)C(=O)O. The molecular weight excluding hydrogens is 135 g/mol. The molecule has 0 aromatic heterocycles. The van der Waals surface area contributed by atoms with E-state index in [0.717, 1.165) is 0 Å². The lowest BCUT2D eigenvalue weighted by Crippen LogP contribution is -2.17. The Bertz CT molecular complexity index is 112. The Labute approximate surface area is 60.1 Å². The molecule has 0 saturated carbocycles. The van der Waals surface area contributed by atoms with Gasteiger partial charge in [0, 0.05) is 0 Å². The summed E-state index contributed by atoms with van der Waals surface area (Å²) in [6.45, 7) is 3.00. The Morgan fingerprint density at radius 1 is 1.60 bits per heavy atom. The number of carboxylic acid groups (broad SMARTS) is 1. The van der Waals surface area contributed by atoms with Gasteiger partial charge < -0.3 is 5.11 Å². The number of carboxylic acids is 1. The molecule has 0 spiro atoms. The van der Waals surface area contributed by atoms with Gasteiger partial charge in [-0.3, -0.25) is 9.18 Å². The van der Waals surface area contributed by atoms with E-state index in [0.29, 0.717) is 6.42 Å². The van der Waals surface area contributed by atoms with Crippen molar-refractivity contribution >= 4 is 5.97 Å². The molecule has 0 fully saturated rings. The first kappa shape index (κ1) is 9.40. The van der Waals surface area contributed by atoms with Crippen LogP contribution in [0.15, 0.2) is 0 Å². The first-order chi connectivity index (χ1) is 4.57. The Morgan fingerprint density at radius 2 is 2.10 bits per heavy atom. The molecule has 10 heavy (non-hydrogen) atoms. The van der Waals surface area contributed by atoms with E-state index in [1.807, 2.05) is 13.8 Å². The highest BCUT2D eigenvalue weighted by atomic mass is 19.1. The number of halogens is 1. The minimum absolute atomic E-state index is 0.247. The van der Waals surface area contributed by atoms with Crippen LogP contribution in [0.5, 0.6) is 0 Å². The third kappa shape index (κ3) is 3.43. The van der Waals surface area contributed by atoms with Crippen molar-refractivity contribution in [3.05, 3.63) is 0 Å². The molecule has 1 unspecified atom stereocenters. The van der Waals surface area contributed by atoms with Gasteiger partial charge in [0.05, 0.1) is 5.92 Å². The van der Waals surface area contributed by atoms with Crippen molar-refractivity contribution in [1.29, 1.82) is 0 Å². The molecular formula is C7H13FO2. The molecule has 0 aliphatic carbocycles. The maximum absolute atomic E-state index is 11.9. The molecule has 0 aliphatic rings. The Kier molecular flexibility index (Phi) is 4.00. The smallest absolute Gasteiger partial charge is 0.309 e. The van der Waals surface area contributed by atoms with Gasteiger partial charge in [-0.15, -0.1) is 0 Å². The maximum Gasteiger partial charge on any atom is 0.309 e. The molecule has 0 radical (unpaired) electrons. The maximum atomic E-state index is 11.9. The highest BCUT2D eigenvalue weighted by Gasteiger charge is 2.17. The first-order valence-electron chi connectivity index (χ1n) is 3.36. The molecule has 1 atom stereocenters. The number of aliphatic carboxylic acids is 1. The van der Waals surface area contributed by atoms with E-state index >= 15 is 0 Å². The van der Waals surface area contributed by atoms with E-state index in [1.165, 1.54) is 0 Å². The van der Waals surface area contributed by atoms with Gasteiger partial charge in [-0.1, -0.05) is 13.8 Å². The van der Waals surface area contributed by atoms with Gasteiger partial charge in [0.1, 0.15) is 6.67 Å². The summed E-state index contributed by atoms with van der Waals surface area (Å²) < 4.78 is 11.9. The van der Waals surface area contributed by atoms with Gasteiger partial charge in [0.15, 0.2) is 0 Å². The minimum atomic E-state index is -1.03. The van der Waals surface area contributed by atoms with E-state index in [9.17, 15) is 9.18 Å². The van der Waals surface area contributed by atoms with Gasteiger partial charge in [-0.05, 0) is 12.3 Å². The van der Waals surface area contributed by atoms with Crippen LogP contribution in [-0.4, -0.2) is 17.8 Å². The number of hydrogen-bond acceptors (Lipinski definition) is 1. The Balaban J connectivity index is 3.72. The van der Waals surface area contributed by atoms with Crippen molar-refractivity contribution in [3.8, 4) is 0 Å². The van der Waals surface area contributed by atoms with Crippen molar-refractivity contribution in [2.45, 2.75) is 20.3 Å². The summed E-state index contributed by atoms with van der Waals surface area (Å²) in [7, 11) is 0. The normalized spacial score (nSPS) is 13.6. The molecule has 3 heteroatoms. The molecule has 2 nitrogen and oxygen atoms in total. The summed E-state index contributed by atoms with van der Waals surface area (Å²) in [4.78, 5) is 10.2. The van der Waals surface area contributed by atoms with Crippen molar-refractivity contribution < 1.29 is 14.3 Å². The zero-order valence-corrected chi connectivity index (χ0v) is 6.30. The zero-order valence-electron chi connectivity index (χ0n) is 6.30. The van der Waals surface area contributed by atoms with E-state index in [4.69, 9.17) is 5.11 Å². The average Bonchev–Trinajstić information content (AvgIpc) is 1.81. The lowest BCUT2D eigenvalue weighted by Gasteiger charge is -2.09. The van der Waals surface area contributed by atoms with Crippen molar-refractivity contribution in [2.24, 2.45) is 11.8 Å². The van der Waals surface area contributed by atoms with Crippen molar-refractivity contribution in [2.75, 3.05) is 6.67 Å². The van der Waals surface area contributed by atoms with Crippen LogP contribution in [0, 0.1) is 11.8 Å². The van der Waals surface area contributed by atoms with Gasteiger partial charge in [-0.25, -0.2) is 0 Å². The highest BCUT2D eigenvalue weighted by Crippen LogP contribution is 2.11. The summed E-state index contributed by atoms with van der Waals surface area (Å²) in [5.74, 6) is -1.59. The third-order valence-corrected chi connectivity index (χ3v) is 1.29. The summed E-state index contributed by atoms with van der Waals surface area (Å²) in [5, 5.41) is 8.38. The number of carbonyl (C=O) groups is 1. The zero-order chi connectivity index (χ0) is 8.15. The topological polar surface area (TPSA) is 37.3 Å². The van der Waals surface area contributed by atoms with E-state index in [1.54, 1.807) is 0 Å². The number of hydrogen-bond donors (Lipinski definition) is 1. The number of alkyl halides is 1. The molecule has 0 amide bonds. The monoisotopic (exact) mass is 148 g/mol. The minimum Gasteiger partial charge on any atom is -0.481 e. The van der Waals surface area contributed by atoms with E-state index in [2.05, 4.69) is 0 Å². The predicted octanol–water partition coefficient (Wildman–Crippen LogP) is 1.70. The fraction of sp³-hybridized carbons (Fsp3) is 0.857. The molecule has 0 aromatic carbocycles. The standard InChI is InChI=1S/C7H13FO2/c1-5(2)3-6(4-8)7(9)10/h5-6H,3-4H2,1-2H3,(H,9,10). The highest BCUT2D eigenvalue weighted by molar-refractivity contribution is 5.70. The van der Waals surface area contributed by atoms with Gasteiger partial charge in [0.25, 0.3) is 0 Å². The second kappa shape index (κ2) is 4.25. The quantitative estimate of drug-likeness (QED) is 0.658. The van der Waals surface area contributed by atoms with E-state index < -0.39 is 18.6 Å². The summed E-state index contributed by atoms with van der Waals surface area (Å²) in [6.07, 6.45) is 0.422. The average molecular weight is 148 g/mol. The fourth-order valence-electron chi connectivity index (χ4n) is 0.799.